The highest BCUT2D eigenvalue weighted by molar-refractivity contribution is 7.99. The minimum absolute atomic E-state index is 0.578. The van der Waals surface area contributed by atoms with Crippen LogP contribution in [-0.2, 0) is 6.54 Å². The zero-order chi connectivity index (χ0) is 15.0. The smallest absolute Gasteiger partial charge is 0.191 e. The molecule has 0 bridgehead atoms. The molecule has 1 atom stereocenters. The van der Waals surface area contributed by atoms with E-state index in [4.69, 9.17) is 0 Å². The second-order valence-electron chi connectivity index (χ2n) is 4.67. The molecule has 1 rings (SSSR count). The maximum absolute atomic E-state index is 4.26. The molecule has 2 N–H and O–H groups in total. The van der Waals surface area contributed by atoms with Crippen molar-refractivity contribution in [1.82, 2.24) is 10.6 Å². The first kappa shape index (κ1) is 17.2. The molecule has 0 heterocycles. The molecule has 0 radical (unpaired) electrons. The number of nitrogens with one attached hydrogen (secondary N) is 2. The number of rotatable bonds is 6. The second kappa shape index (κ2) is 9.19. The van der Waals surface area contributed by atoms with Gasteiger partial charge in [-0.1, -0.05) is 19.1 Å². The van der Waals surface area contributed by atoms with Gasteiger partial charge in [-0.15, -0.1) is 11.8 Å². The fourth-order valence-corrected chi connectivity index (χ4v) is 2.68. The van der Waals surface area contributed by atoms with Gasteiger partial charge in [0, 0.05) is 30.3 Å². The quantitative estimate of drug-likeness (QED) is 0.481. The molecule has 1 aromatic rings. The molecule has 112 valence electrons. The average Bonchev–Trinajstić information content (AvgIpc) is 2.47. The molecule has 0 saturated carbocycles. The minimum Gasteiger partial charge on any atom is -0.355 e. The Labute approximate surface area is 131 Å². The van der Waals surface area contributed by atoms with Crippen molar-refractivity contribution < 1.29 is 0 Å². The minimum atomic E-state index is 0.578. The van der Waals surface area contributed by atoms with Crippen molar-refractivity contribution in [3.63, 3.8) is 0 Å². The van der Waals surface area contributed by atoms with Crippen molar-refractivity contribution in [1.29, 1.82) is 0 Å². The lowest BCUT2D eigenvalue weighted by Crippen LogP contribution is -2.39. The van der Waals surface area contributed by atoms with Crippen LogP contribution in [0.25, 0.3) is 0 Å². The zero-order valence-corrected chi connectivity index (χ0v) is 14.6. The number of thioether (sulfide) groups is 2. The summed E-state index contributed by atoms with van der Waals surface area (Å²) >= 11 is 3.64. The van der Waals surface area contributed by atoms with Gasteiger partial charge >= 0.3 is 0 Å². The lowest BCUT2D eigenvalue weighted by Gasteiger charge is -2.16. The lowest BCUT2D eigenvalue weighted by atomic mass is 10.1. The molecule has 20 heavy (non-hydrogen) atoms. The highest BCUT2D eigenvalue weighted by Crippen LogP contribution is 2.21. The summed E-state index contributed by atoms with van der Waals surface area (Å²) in [4.78, 5) is 5.59. The van der Waals surface area contributed by atoms with Crippen LogP contribution < -0.4 is 10.6 Å². The summed E-state index contributed by atoms with van der Waals surface area (Å²) in [7, 11) is 1.81. The van der Waals surface area contributed by atoms with Crippen LogP contribution in [0.3, 0.4) is 0 Å². The number of aliphatic imine (C=N–C) groups is 1. The molecule has 5 heteroatoms. The molecule has 0 amide bonds. The highest BCUT2D eigenvalue weighted by atomic mass is 32.2. The highest BCUT2D eigenvalue weighted by Gasteiger charge is 2.05. The predicted octanol–water partition coefficient (Wildman–Crippen LogP) is 3.13. The molecule has 0 aliphatic rings. The molecule has 0 aliphatic carbocycles. The normalized spacial score (nSPS) is 13.2. The third kappa shape index (κ3) is 5.67. The molecule has 0 fully saturated rings. The molecular formula is C15H25N3S2. The van der Waals surface area contributed by atoms with E-state index < -0.39 is 0 Å². The summed E-state index contributed by atoms with van der Waals surface area (Å²) in [6.07, 6.45) is 4.24. The average molecular weight is 312 g/mol. The standard InChI is InChI=1S/C15H25N3S2/c1-11-6-7-13(14(8-11)20-5)10-18-15(16-3)17-9-12(2)19-4/h6-8,12H,9-10H2,1-5H3,(H2,16,17,18). The Morgan fingerprint density at radius 3 is 2.65 bits per heavy atom. The fourth-order valence-electron chi connectivity index (χ4n) is 1.72. The van der Waals surface area contributed by atoms with Crippen LogP contribution >= 0.6 is 23.5 Å². The largest absolute Gasteiger partial charge is 0.355 e. The van der Waals surface area contributed by atoms with Crippen molar-refractivity contribution in [2.24, 2.45) is 4.99 Å². The maximum Gasteiger partial charge on any atom is 0.191 e. The number of hydrogen-bond donors (Lipinski definition) is 2. The number of guanidine groups is 1. The van der Waals surface area contributed by atoms with E-state index in [0.29, 0.717) is 5.25 Å². The van der Waals surface area contributed by atoms with Crippen molar-refractivity contribution in [2.75, 3.05) is 26.1 Å². The molecule has 0 aliphatic heterocycles. The Hall–Kier alpha value is -0.810. The van der Waals surface area contributed by atoms with Gasteiger partial charge in [0.25, 0.3) is 0 Å². The number of nitrogens with zero attached hydrogens (tertiary/aromatic N) is 1. The molecule has 1 unspecified atom stereocenters. The van der Waals surface area contributed by atoms with Crippen molar-refractivity contribution >= 4 is 29.5 Å². The van der Waals surface area contributed by atoms with Gasteiger partial charge in [0.1, 0.15) is 0 Å². The van der Waals surface area contributed by atoms with E-state index in [-0.39, 0.29) is 0 Å². The first-order chi connectivity index (χ1) is 9.60. The summed E-state index contributed by atoms with van der Waals surface area (Å²) in [6, 6.07) is 6.57. The summed E-state index contributed by atoms with van der Waals surface area (Å²) < 4.78 is 0. The Bertz CT molecular complexity index is 447. The van der Waals surface area contributed by atoms with Crippen LogP contribution in [0.2, 0.25) is 0 Å². The Morgan fingerprint density at radius 2 is 2.05 bits per heavy atom. The van der Waals surface area contributed by atoms with Crippen LogP contribution in [0.4, 0.5) is 0 Å². The number of aryl methyl sites for hydroxylation is 1. The SMILES string of the molecule is CN=C(NCc1ccc(C)cc1SC)NCC(C)SC. The summed E-state index contributed by atoms with van der Waals surface area (Å²) in [5.41, 5.74) is 2.61. The van der Waals surface area contributed by atoms with E-state index in [1.54, 1.807) is 11.8 Å². The van der Waals surface area contributed by atoms with Crippen molar-refractivity contribution in [3.8, 4) is 0 Å². The monoisotopic (exact) mass is 311 g/mol. The summed E-state index contributed by atoms with van der Waals surface area (Å²) in [6.45, 7) is 6.05. The first-order valence-electron chi connectivity index (χ1n) is 6.71. The van der Waals surface area contributed by atoms with Gasteiger partial charge < -0.3 is 10.6 Å². The van der Waals surface area contributed by atoms with Gasteiger partial charge in [-0.3, -0.25) is 4.99 Å². The third-order valence-corrected chi connectivity index (χ3v) is 4.86. The van der Waals surface area contributed by atoms with E-state index in [9.17, 15) is 0 Å². The van der Waals surface area contributed by atoms with Crippen molar-refractivity contribution in [2.45, 2.75) is 30.5 Å². The molecular weight excluding hydrogens is 286 g/mol. The Balaban J connectivity index is 2.56. The second-order valence-corrected chi connectivity index (χ2v) is 6.79. The third-order valence-electron chi connectivity index (χ3n) is 3.07. The fraction of sp³-hybridized carbons (Fsp3) is 0.533. The molecule has 3 nitrogen and oxygen atoms in total. The van der Waals surface area contributed by atoms with Crippen LogP contribution in [0.15, 0.2) is 28.1 Å². The van der Waals surface area contributed by atoms with Crippen LogP contribution in [0.5, 0.6) is 0 Å². The van der Waals surface area contributed by atoms with Gasteiger partial charge in [0.2, 0.25) is 0 Å². The summed E-state index contributed by atoms with van der Waals surface area (Å²) in [5, 5.41) is 7.30. The lowest BCUT2D eigenvalue weighted by molar-refractivity contribution is 0.785. The topological polar surface area (TPSA) is 36.4 Å². The van der Waals surface area contributed by atoms with Gasteiger partial charge in [-0.05, 0) is 36.6 Å². The van der Waals surface area contributed by atoms with Gasteiger partial charge in [-0.25, -0.2) is 0 Å². The molecule has 0 spiro atoms. The zero-order valence-electron chi connectivity index (χ0n) is 13.0. The Kier molecular flexibility index (Phi) is 7.92. The number of benzene rings is 1. The van der Waals surface area contributed by atoms with Gasteiger partial charge in [0.15, 0.2) is 5.96 Å². The van der Waals surface area contributed by atoms with E-state index >= 15 is 0 Å². The van der Waals surface area contributed by atoms with Crippen LogP contribution in [-0.4, -0.2) is 37.3 Å². The molecule has 1 aromatic carbocycles. The Morgan fingerprint density at radius 1 is 1.30 bits per heavy atom. The van der Waals surface area contributed by atoms with E-state index in [0.717, 1.165) is 19.0 Å². The van der Waals surface area contributed by atoms with E-state index in [1.165, 1.54) is 16.0 Å². The summed E-state index contributed by atoms with van der Waals surface area (Å²) in [5.74, 6) is 0.860. The first-order valence-corrected chi connectivity index (χ1v) is 9.22. The molecule has 0 saturated heterocycles. The number of hydrogen-bond acceptors (Lipinski definition) is 3. The van der Waals surface area contributed by atoms with Gasteiger partial charge in [-0.2, -0.15) is 11.8 Å². The van der Waals surface area contributed by atoms with E-state index in [2.05, 4.69) is 60.2 Å². The van der Waals surface area contributed by atoms with E-state index in [1.807, 2.05) is 18.8 Å². The maximum atomic E-state index is 4.26. The molecule has 0 aromatic heterocycles. The van der Waals surface area contributed by atoms with Crippen molar-refractivity contribution in [3.05, 3.63) is 29.3 Å². The van der Waals surface area contributed by atoms with Crippen LogP contribution in [0.1, 0.15) is 18.1 Å². The predicted molar refractivity (Wildman–Crippen MR) is 94.1 cm³/mol. The van der Waals surface area contributed by atoms with Gasteiger partial charge in [0.05, 0.1) is 0 Å². The van der Waals surface area contributed by atoms with Crippen LogP contribution in [0, 0.1) is 6.92 Å².